The molecule has 0 aliphatic rings. The van der Waals surface area contributed by atoms with Crippen molar-refractivity contribution in [3.8, 4) is 6.07 Å². The zero-order valence-corrected chi connectivity index (χ0v) is 15.9. The van der Waals surface area contributed by atoms with E-state index in [0.29, 0.717) is 23.2 Å². The first kappa shape index (κ1) is 19.2. The summed E-state index contributed by atoms with van der Waals surface area (Å²) in [5.41, 5.74) is 3.57. The van der Waals surface area contributed by atoms with Gasteiger partial charge in [-0.2, -0.15) is 5.26 Å². The molecule has 0 aliphatic carbocycles. The van der Waals surface area contributed by atoms with E-state index in [0.717, 1.165) is 16.5 Å². The van der Waals surface area contributed by atoms with Crippen LogP contribution in [0.15, 0.2) is 79.0 Å². The van der Waals surface area contributed by atoms with Crippen LogP contribution in [0.4, 0.5) is 4.39 Å². The molecule has 0 spiro atoms. The second-order valence-electron chi connectivity index (χ2n) is 6.87. The quantitative estimate of drug-likeness (QED) is 0.447. The van der Waals surface area contributed by atoms with Crippen LogP contribution in [0.5, 0.6) is 0 Å². The molecule has 0 radical (unpaired) electrons. The summed E-state index contributed by atoms with van der Waals surface area (Å²) in [5.74, 6) is -1.27. The maximum absolute atomic E-state index is 14.1. The van der Waals surface area contributed by atoms with E-state index in [2.05, 4.69) is 6.07 Å². The van der Waals surface area contributed by atoms with Gasteiger partial charge in [0.15, 0.2) is 0 Å². The minimum absolute atomic E-state index is 0.164. The number of halogens is 1. The highest BCUT2D eigenvalue weighted by molar-refractivity contribution is 5.98. The molecule has 0 atom stereocenters. The number of fused-ring (bicyclic) bond motifs is 1. The van der Waals surface area contributed by atoms with E-state index in [-0.39, 0.29) is 11.4 Å². The molecule has 0 amide bonds. The zero-order chi connectivity index (χ0) is 21.1. The molecule has 4 aromatic rings. The standard InChI is InChI=1S/C25H17FN2O2/c26-23-7-3-1-5-19(23)15-28-16-21(22-6-2-4-8-24(22)28)13-20(14-27)17-9-11-18(12-10-17)25(29)30/h1-13,16H,15H2,(H,29,30)/b20-13-. The van der Waals surface area contributed by atoms with Crippen LogP contribution in [0.1, 0.15) is 27.0 Å². The van der Waals surface area contributed by atoms with Crippen molar-refractivity contribution in [2.24, 2.45) is 0 Å². The molecular formula is C25H17FN2O2. The molecular weight excluding hydrogens is 379 g/mol. The van der Waals surface area contributed by atoms with Gasteiger partial charge in [-0.05, 0) is 35.9 Å². The van der Waals surface area contributed by atoms with Gasteiger partial charge in [0.05, 0.1) is 23.8 Å². The van der Waals surface area contributed by atoms with Crippen LogP contribution in [0.25, 0.3) is 22.6 Å². The van der Waals surface area contributed by atoms with E-state index in [1.54, 1.807) is 36.4 Å². The molecule has 0 aliphatic heterocycles. The normalized spacial score (nSPS) is 11.4. The predicted molar refractivity (Wildman–Crippen MR) is 114 cm³/mol. The number of nitrogens with zero attached hydrogens (tertiary/aromatic N) is 2. The lowest BCUT2D eigenvalue weighted by Gasteiger charge is -2.06. The third-order valence-corrected chi connectivity index (χ3v) is 4.98. The number of carboxylic acid groups (broad SMARTS) is 1. The number of nitriles is 1. The monoisotopic (exact) mass is 396 g/mol. The van der Waals surface area contributed by atoms with Crippen molar-refractivity contribution in [3.63, 3.8) is 0 Å². The Morgan fingerprint density at radius 1 is 1.00 bits per heavy atom. The number of rotatable bonds is 5. The Kier molecular flexibility index (Phi) is 5.15. The van der Waals surface area contributed by atoms with Crippen molar-refractivity contribution in [1.29, 1.82) is 5.26 Å². The summed E-state index contributed by atoms with van der Waals surface area (Å²) in [7, 11) is 0. The Morgan fingerprint density at radius 3 is 2.37 bits per heavy atom. The third kappa shape index (κ3) is 3.71. The van der Waals surface area contributed by atoms with Crippen molar-refractivity contribution in [2.45, 2.75) is 6.54 Å². The lowest BCUT2D eigenvalue weighted by Crippen LogP contribution is -2.00. The van der Waals surface area contributed by atoms with E-state index < -0.39 is 5.97 Å². The van der Waals surface area contributed by atoms with Crippen LogP contribution >= 0.6 is 0 Å². The summed E-state index contributed by atoms with van der Waals surface area (Å²) in [6.07, 6.45) is 3.68. The van der Waals surface area contributed by atoms with Gasteiger partial charge in [-0.25, -0.2) is 9.18 Å². The summed E-state index contributed by atoms with van der Waals surface area (Å²) >= 11 is 0. The minimum Gasteiger partial charge on any atom is -0.478 e. The lowest BCUT2D eigenvalue weighted by atomic mass is 10.0. The smallest absolute Gasteiger partial charge is 0.335 e. The molecule has 0 unspecified atom stereocenters. The van der Waals surface area contributed by atoms with Gasteiger partial charge >= 0.3 is 5.97 Å². The number of allylic oxidation sites excluding steroid dienone is 1. The predicted octanol–water partition coefficient (Wildman–Crippen LogP) is 5.59. The number of para-hydroxylation sites is 1. The highest BCUT2D eigenvalue weighted by Crippen LogP contribution is 2.27. The summed E-state index contributed by atoms with van der Waals surface area (Å²) in [6, 6.07) is 22.8. The van der Waals surface area contributed by atoms with Crippen molar-refractivity contribution in [1.82, 2.24) is 4.57 Å². The highest BCUT2D eigenvalue weighted by atomic mass is 19.1. The average Bonchev–Trinajstić information content (AvgIpc) is 3.11. The summed E-state index contributed by atoms with van der Waals surface area (Å²) in [5, 5.41) is 19.7. The van der Waals surface area contributed by atoms with E-state index >= 15 is 0 Å². The van der Waals surface area contributed by atoms with Crippen molar-refractivity contribution in [3.05, 3.63) is 107 Å². The largest absolute Gasteiger partial charge is 0.478 e. The lowest BCUT2D eigenvalue weighted by molar-refractivity contribution is 0.0697. The molecule has 3 aromatic carbocycles. The molecule has 1 N–H and O–H groups in total. The Labute approximate surface area is 172 Å². The maximum atomic E-state index is 14.1. The zero-order valence-electron chi connectivity index (χ0n) is 15.9. The first-order chi connectivity index (χ1) is 14.6. The molecule has 30 heavy (non-hydrogen) atoms. The Morgan fingerprint density at radius 2 is 1.67 bits per heavy atom. The molecule has 146 valence electrons. The van der Waals surface area contributed by atoms with Crippen molar-refractivity contribution < 1.29 is 14.3 Å². The van der Waals surface area contributed by atoms with Crippen LogP contribution < -0.4 is 0 Å². The fraction of sp³-hybridized carbons (Fsp3) is 0.0400. The fourth-order valence-electron chi connectivity index (χ4n) is 3.46. The minimum atomic E-state index is -1.01. The average molecular weight is 396 g/mol. The number of hydrogen-bond acceptors (Lipinski definition) is 2. The first-order valence-corrected chi connectivity index (χ1v) is 9.33. The van der Waals surface area contributed by atoms with E-state index in [4.69, 9.17) is 5.11 Å². The second kappa shape index (κ2) is 8.06. The molecule has 5 heteroatoms. The summed E-state index contributed by atoms with van der Waals surface area (Å²) in [4.78, 5) is 11.1. The first-order valence-electron chi connectivity index (χ1n) is 9.33. The van der Waals surface area contributed by atoms with E-state index in [1.165, 1.54) is 18.2 Å². The number of carbonyl (C=O) groups is 1. The van der Waals surface area contributed by atoms with Crippen molar-refractivity contribution in [2.75, 3.05) is 0 Å². The van der Waals surface area contributed by atoms with Gasteiger partial charge in [-0.1, -0.05) is 48.5 Å². The van der Waals surface area contributed by atoms with Gasteiger partial charge in [-0.15, -0.1) is 0 Å². The van der Waals surface area contributed by atoms with Gasteiger partial charge in [0.2, 0.25) is 0 Å². The highest BCUT2D eigenvalue weighted by Gasteiger charge is 2.11. The van der Waals surface area contributed by atoms with E-state index in [9.17, 15) is 14.4 Å². The van der Waals surface area contributed by atoms with Crippen molar-refractivity contribution >= 4 is 28.5 Å². The van der Waals surface area contributed by atoms with Crippen LogP contribution in [-0.2, 0) is 6.54 Å². The Balaban J connectivity index is 1.77. The molecule has 0 bridgehead atoms. The number of aromatic carboxylic acids is 1. The molecule has 0 fully saturated rings. The van der Waals surface area contributed by atoms with Crippen LogP contribution in [0.3, 0.4) is 0 Å². The molecule has 1 aromatic heterocycles. The maximum Gasteiger partial charge on any atom is 0.335 e. The van der Waals surface area contributed by atoms with E-state index in [1.807, 2.05) is 35.0 Å². The van der Waals surface area contributed by atoms with Gasteiger partial charge < -0.3 is 9.67 Å². The SMILES string of the molecule is N#C/C(=C/c1cn(Cc2ccccc2F)c2ccccc12)c1ccc(C(=O)O)cc1. The summed E-state index contributed by atoms with van der Waals surface area (Å²) < 4.78 is 16.1. The molecule has 1 heterocycles. The Hall–Kier alpha value is -4.17. The number of hydrogen-bond donors (Lipinski definition) is 1. The molecule has 4 nitrogen and oxygen atoms in total. The van der Waals surface area contributed by atoms with Crippen LogP contribution in [0, 0.1) is 17.1 Å². The van der Waals surface area contributed by atoms with Crippen LogP contribution in [-0.4, -0.2) is 15.6 Å². The second-order valence-corrected chi connectivity index (χ2v) is 6.87. The topological polar surface area (TPSA) is 66.0 Å². The fourth-order valence-corrected chi connectivity index (χ4v) is 3.46. The van der Waals surface area contributed by atoms with Gasteiger partial charge in [0.25, 0.3) is 0 Å². The molecule has 0 saturated heterocycles. The molecule has 4 rings (SSSR count). The van der Waals surface area contributed by atoms with Crippen LogP contribution in [0.2, 0.25) is 0 Å². The number of benzene rings is 3. The number of carboxylic acids is 1. The third-order valence-electron chi connectivity index (χ3n) is 4.98. The van der Waals surface area contributed by atoms with Gasteiger partial charge in [-0.3, -0.25) is 0 Å². The number of aromatic nitrogens is 1. The summed E-state index contributed by atoms with van der Waals surface area (Å²) in [6.45, 7) is 0.371. The Bertz CT molecular complexity index is 1310. The molecule has 0 saturated carbocycles. The van der Waals surface area contributed by atoms with Gasteiger partial charge in [0.1, 0.15) is 5.82 Å². The van der Waals surface area contributed by atoms with Gasteiger partial charge in [0, 0.05) is 28.2 Å².